The van der Waals surface area contributed by atoms with Crippen LogP contribution in [0, 0.1) is 0 Å². The minimum absolute atomic E-state index is 0.0535. The van der Waals surface area contributed by atoms with Gasteiger partial charge in [0.15, 0.2) is 0 Å². The summed E-state index contributed by atoms with van der Waals surface area (Å²) in [6.45, 7) is 1.90. The highest BCUT2D eigenvalue weighted by Crippen LogP contribution is 2.29. The summed E-state index contributed by atoms with van der Waals surface area (Å²) >= 11 is 0. The third-order valence-corrected chi connectivity index (χ3v) is 4.16. The lowest BCUT2D eigenvalue weighted by Crippen LogP contribution is -2.47. The molecule has 1 aliphatic heterocycles. The van der Waals surface area contributed by atoms with Gasteiger partial charge in [-0.3, -0.25) is 0 Å². The van der Waals surface area contributed by atoms with Gasteiger partial charge in [-0.1, -0.05) is 24.3 Å². The Kier molecular flexibility index (Phi) is 4.44. The molecule has 1 atom stereocenters. The number of nitrogens with one attached hydrogen (secondary N) is 1. The van der Waals surface area contributed by atoms with E-state index in [1.54, 1.807) is 4.90 Å². The summed E-state index contributed by atoms with van der Waals surface area (Å²) in [6, 6.07) is 11.6. The highest BCUT2D eigenvalue weighted by molar-refractivity contribution is 5.75. The van der Waals surface area contributed by atoms with Crippen LogP contribution in [0.4, 0.5) is 4.79 Å². The summed E-state index contributed by atoms with van der Waals surface area (Å²) in [5.74, 6) is 0. The largest absolute Gasteiger partial charge is 0.394 e. The van der Waals surface area contributed by atoms with Crippen LogP contribution < -0.4 is 5.32 Å². The Morgan fingerprint density at radius 3 is 2.77 bits per heavy atom. The van der Waals surface area contributed by atoms with E-state index in [-0.39, 0.29) is 18.7 Å². The number of hydrogen-bond donors (Lipinski definition) is 2. The number of aliphatic hydroxyl groups is 1. The first-order valence-electron chi connectivity index (χ1n) is 7.63. The maximum Gasteiger partial charge on any atom is 0.318 e. The Bertz CT molecular complexity index is 625. The lowest BCUT2D eigenvalue weighted by atomic mass is 9.93. The summed E-state index contributed by atoms with van der Waals surface area (Å²) in [4.78, 5) is 14.1. The summed E-state index contributed by atoms with van der Waals surface area (Å²) in [6.07, 6.45) is 4.78. The monoisotopic (exact) mass is 299 g/mol. The van der Waals surface area contributed by atoms with Crippen LogP contribution >= 0.6 is 0 Å². The van der Waals surface area contributed by atoms with E-state index in [1.807, 2.05) is 47.3 Å². The van der Waals surface area contributed by atoms with Crippen molar-refractivity contribution >= 4 is 6.03 Å². The number of amides is 2. The number of nitrogens with zero attached hydrogens (tertiary/aromatic N) is 2. The minimum Gasteiger partial charge on any atom is -0.394 e. The molecule has 5 heteroatoms. The van der Waals surface area contributed by atoms with E-state index in [9.17, 15) is 9.90 Å². The molecule has 0 fully saturated rings. The number of carbonyl (C=O) groups is 1. The summed E-state index contributed by atoms with van der Waals surface area (Å²) in [7, 11) is 0. The topological polar surface area (TPSA) is 57.5 Å². The van der Waals surface area contributed by atoms with Gasteiger partial charge in [0.2, 0.25) is 0 Å². The van der Waals surface area contributed by atoms with Crippen molar-refractivity contribution in [1.82, 2.24) is 14.8 Å². The molecule has 0 spiro atoms. The van der Waals surface area contributed by atoms with Crippen molar-refractivity contribution in [2.75, 3.05) is 19.7 Å². The molecule has 116 valence electrons. The molecule has 0 bridgehead atoms. The van der Waals surface area contributed by atoms with Gasteiger partial charge in [0, 0.05) is 32.0 Å². The average Bonchev–Trinajstić information content (AvgIpc) is 3.07. The molecule has 2 heterocycles. The Hall–Kier alpha value is -2.27. The second-order valence-corrected chi connectivity index (χ2v) is 5.49. The molecule has 0 radical (unpaired) electrons. The molecule has 0 saturated carbocycles. The normalized spacial score (nSPS) is 17.1. The molecule has 5 nitrogen and oxygen atoms in total. The Labute approximate surface area is 130 Å². The zero-order valence-electron chi connectivity index (χ0n) is 12.5. The van der Waals surface area contributed by atoms with Gasteiger partial charge in [-0.25, -0.2) is 4.79 Å². The number of rotatable bonds is 4. The minimum atomic E-state index is -0.253. The van der Waals surface area contributed by atoms with Crippen molar-refractivity contribution in [3.63, 3.8) is 0 Å². The summed E-state index contributed by atoms with van der Waals surface area (Å²) < 4.78 is 2.02. The van der Waals surface area contributed by atoms with E-state index < -0.39 is 0 Å². The average molecular weight is 299 g/mol. The third-order valence-electron chi connectivity index (χ3n) is 4.16. The molecular weight excluding hydrogens is 278 g/mol. The zero-order valence-corrected chi connectivity index (χ0v) is 12.5. The molecule has 1 unspecified atom stereocenters. The van der Waals surface area contributed by atoms with E-state index >= 15 is 0 Å². The Balaban J connectivity index is 1.62. The van der Waals surface area contributed by atoms with E-state index in [2.05, 4.69) is 11.4 Å². The predicted molar refractivity (Wildman–Crippen MR) is 84.5 cm³/mol. The lowest BCUT2D eigenvalue weighted by Gasteiger charge is -2.36. The van der Waals surface area contributed by atoms with Gasteiger partial charge in [-0.05, 0) is 29.7 Å². The first-order chi connectivity index (χ1) is 10.8. The smallest absolute Gasteiger partial charge is 0.318 e. The quantitative estimate of drug-likeness (QED) is 0.904. The second-order valence-electron chi connectivity index (χ2n) is 5.49. The van der Waals surface area contributed by atoms with Crippen LogP contribution in [0.3, 0.4) is 0 Å². The molecule has 0 aliphatic carbocycles. The Morgan fingerprint density at radius 2 is 2.00 bits per heavy atom. The number of aromatic nitrogens is 1. The van der Waals surface area contributed by atoms with Crippen LogP contribution in [0.2, 0.25) is 0 Å². The van der Waals surface area contributed by atoms with Crippen LogP contribution in [0.5, 0.6) is 0 Å². The molecular formula is C17H21N3O2. The van der Waals surface area contributed by atoms with Crippen molar-refractivity contribution in [1.29, 1.82) is 0 Å². The van der Waals surface area contributed by atoms with Crippen molar-refractivity contribution in [2.45, 2.75) is 19.0 Å². The summed E-state index contributed by atoms with van der Waals surface area (Å²) in [5.41, 5.74) is 2.27. The molecule has 0 saturated heterocycles. The first-order valence-corrected chi connectivity index (χ1v) is 7.63. The van der Waals surface area contributed by atoms with Crippen molar-refractivity contribution in [3.8, 4) is 0 Å². The first kappa shape index (κ1) is 14.7. The van der Waals surface area contributed by atoms with Crippen molar-refractivity contribution in [3.05, 3.63) is 59.9 Å². The van der Waals surface area contributed by atoms with E-state index in [4.69, 9.17) is 0 Å². The molecule has 22 heavy (non-hydrogen) atoms. The van der Waals surface area contributed by atoms with E-state index in [0.717, 1.165) is 18.5 Å². The van der Waals surface area contributed by atoms with Gasteiger partial charge >= 0.3 is 6.03 Å². The number of aliphatic hydroxyl groups excluding tert-OH is 1. The fraction of sp³-hybridized carbons (Fsp3) is 0.353. The van der Waals surface area contributed by atoms with E-state index in [1.165, 1.54) is 5.56 Å². The SMILES string of the molecule is O=C(NCCn1cccc1)N1CCc2ccccc2C1CO. The number of fused-ring (bicyclic) bond motifs is 1. The molecule has 1 aromatic heterocycles. The number of carbonyl (C=O) groups excluding carboxylic acids is 1. The molecule has 1 aliphatic rings. The lowest BCUT2D eigenvalue weighted by molar-refractivity contribution is 0.127. The van der Waals surface area contributed by atoms with Crippen LogP contribution in [0.15, 0.2) is 48.8 Å². The van der Waals surface area contributed by atoms with Gasteiger partial charge < -0.3 is 19.9 Å². The van der Waals surface area contributed by atoms with Crippen molar-refractivity contribution in [2.24, 2.45) is 0 Å². The van der Waals surface area contributed by atoms with Gasteiger partial charge in [0.25, 0.3) is 0 Å². The number of benzene rings is 1. The predicted octanol–water partition coefficient (Wildman–Crippen LogP) is 1.79. The molecule has 2 N–H and O–H groups in total. The fourth-order valence-corrected chi connectivity index (χ4v) is 3.00. The fourth-order valence-electron chi connectivity index (χ4n) is 3.00. The van der Waals surface area contributed by atoms with Gasteiger partial charge in [-0.15, -0.1) is 0 Å². The van der Waals surface area contributed by atoms with Gasteiger partial charge in [-0.2, -0.15) is 0 Å². The molecule has 3 rings (SSSR count). The van der Waals surface area contributed by atoms with Crippen LogP contribution in [-0.4, -0.2) is 40.3 Å². The highest BCUT2D eigenvalue weighted by Gasteiger charge is 2.29. The Morgan fingerprint density at radius 1 is 1.23 bits per heavy atom. The third kappa shape index (κ3) is 2.99. The van der Waals surface area contributed by atoms with Crippen LogP contribution in [-0.2, 0) is 13.0 Å². The second kappa shape index (κ2) is 6.66. The standard InChI is InChI=1S/C17H21N3O2/c21-13-16-15-6-2-1-5-14(15)7-11-20(16)17(22)18-8-12-19-9-3-4-10-19/h1-6,9-10,16,21H,7-8,11-13H2,(H,18,22). The number of urea groups is 1. The van der Waals surface area contributed by atoms with Gasteiger partial charge in [0.1, 0.15) is 0 Å². The van der Waals surface area contributed by atoms with Gasteiger partial charge in [0.05, 0.1) is 12.6 Å². The van der Waals surface area contributed by atoms with E-state index in [0.29, 0.717) is 13.1 Å². The van der Waals surface area contributed by atoms with Crippen molar-refractivity contribution < 1.29 is 9.90 Å². The van der Waals surface area contributed by atoms with Crippen LogP contribution in [0.25, 0.3) is 0 Å². The number of hydrogen-bond acceptors (Lipinski definition) is 2. The molecule has 2 aromatic rings. The summed E-state index contributed by atoms with van der Waals surface area (Å²) in [5, 5.41) is 12.6. The zero-order chi connectivity index (χ0) is 15.4. The van der Waals surface area contributed by atoms with Crippen LogP contribution in [0.1, 0.15) is 17.2 Å². The molecule has 1 aromatic carbocycles. The molecule has 2 amide bonds. The maximum absolute atomic E-state index is 12.4. The maximum atomic E-state index is 12.4. The highest BCUT2D eigenvalue weighted by atomic mass is 16.3.